The van der Waals surface area contributed by atoms with Crippen LogP contribution < -0.4 is 5.73 Å². The van der Waals surface area contributed by atoms with Crippen LogP contribution in [0.15, 0.2) is 0 Å². The lowest BCUT2D eigenvalue weighted by Crippen LogP contribution is -2.57. The van der Waals surface area contributed by atoms with Crippen LogP contribution in [0.3, 0.4) is 0 Å². The van der Waals surface area contributed by atoms with E-state index in [1.54, 1.807) is 0 Å². The van der Waals surface area contributed by atoms with Gasteiger partial charge in [0.05, 0.1) is 0 Å². The highest BCUT2D eigenvalue weighted by Gasteiger charge is 2.46. The average Bonchev–Trinajstić information content (AvgIpc) is 2.78. The van der Waals surface area contributed by atoms with E-state index in [1.807, 2.05) is 0 Å². The lowest BCUT2D eigenvalue weighted by molar-refractivity contribution is 0.0475. The van der Waals surface area contributed by atoms with E-state index in [1.165, 1.54) is 96.3 Å². The SMILES string of the molecule is NC1(C2CCCCCC2)CCCCC1C1CCCCC1. The summed E-state index contributed by atoms with van der Waals surface area (Å²) in [4.78, 5) is 0. The van der Waals surface area contributed by atoms with Crippen molar-refractivity contribution in [3.63, 3.8) is 0 Å². The van der Waals surface area contributed by atoms with Crippen LogP contribution in [-0.4, -0.2) is 5.54 Å². The second kappa shape index (κ2) is 6.81. The Morgan fingerprint density at radius 3 is 1.85 bits per heavy atom. The molecule has 0 aromatic rings. The van der Waals surface area contributed by atoms with Gasteiger partial charge in [0.25, 0.3) is 0 Å². The smallest absolute Gasteiger partial charge is 0.0214 e. The Hall–Kier alpha value is -0.0400. The van der Waals surface area contributed by atoms with Crippen LogP contribution in [0.1, 0.15) is 96.3 Å². The van der Waals surface area contributed by atoms with Gasteiger partial charge >= 0.3 is 0 Å². The van der Waals surface area contributed by atoms with E-state index in [-0.39, 0.29) is 5.54 Å². The molecular formula is C19H35N. The molecule has 2 atom stereocenters. The van der Waals surface area contributed by atoms with Crippen LogP contribution in [0.25, 0.3) is 0 Å². The zero-order chi connectivity index (χ0) is 13.8. The van der Waals surface area contributed by atoms with Gasteiger partial charge in [0.15, 0.2) is 0 Å². The second-order valence-electron chi connectivity index (χ2n) is 8.05. The monoisotopic (exact) mass is 277 g/mol. The van der Waals surface area contributed by atoms with Gasteiger partial charge in [-0.15, -0.1) is 0 Å². The summed E-state index contributed by atoms with van der Waals surface area (Å²) < 4.78 is 0. The molecule has 0 aromatic carbocycles. The molecule has 3 fully saturated rings. The minimum absolute atomic E-state index is 0.213. The normalized spacial score (nSPS) is 38.5. The molecular weight excluding hydrogens is 242 g/mol. The van der Waals surface area contributed by atoms with Crippen molar-refractivity contribution in [2.75, 3.05) is 0 Å². The van der Waals surface area contributed by atoms with Gasteiger partial charge in [-0.25, -0.2) is 0 Å². The Balaban J connectivity index is 1.74. The molecule has 1 nitrogen and oxygen atoms in total. The van der Waals surface area contributed by atoms with Gasteiger partial charge in [-0.2, -0.15) is 0 Å². The van der Waals surface area contributed by atoms with Gasteiger partial charge in [-0.1, -0.05) is 70.6 Å². The van der Waals surface area contributed by atoms with Crippen LogP contribution in [0.5, 0.6) is 0 Å². The highest BCUT2D eigenvalue weighted by atomic mass is 14.8. The maximum Gasteiger partial charge on any atom is 0.0214 e. The molecule has 0 bridgehead atoms. The summed E-state index contributed by atoms with van der Waals surface area (Å²) in [5.41, 5.74) is 7.39. The van der Waals surface area contributed by atoms with Crippen molar-refractivity contribution >= 4 is 0 Å². The summed E-state index contributed by atoms with van der Waals surface area (Å²) >= 11 is 0. The number of hydrogen-bond donors (Lipinski definition) is 1. The summed E-state index contributed by atoms with van der Waals surface area (Å²) in [5.74, 6) is 2.68. The molecule has 3 saturated carbocycles. The molecule has 3 rings (SSSR count). The topological polar surface area (TPSA) is 26.0 Å². The van der Waals surface area contributed by atoms with Crippen LogP contribution in [0, 0.1) is 17.8 Å². The Morgan fingerprint density at radius 1 is 0.600 bits per heavy atom. The molecule has 0 amide bonds. The van der Waals surface area contributed by atoms with E-state index in [2.05, 4.69) is 0 Å². The van der Waals surface area contributed by atoms with Crippen molar-refractivity contribution in [2.24, 2.45) is 23.5 Å². The number of rotatable bonds is 2. The van der Waals surface area contributed by atoms with Gasteiger partial charge < -0.3 is 5.73 Å². The quantitative estimate of drug-likeness (QED) is 0.670. The first-order valence-corrected chi connectivity index (χ1v) is 9.59. The van der Waals surface area contributed by atoms with Gasteiger partial charge in [0, 0.05) is 5.54 Å². The molecule has 3 aliphatic rings. The molecule has 0 aliphatic heterocycles. The molecule has 0 heterocycles. The molecule has 1 heteroatoms. The lowest BCUT2D eigenvalue weighted by atomic mass is 9.58. The molecule has 116 valence electrons. The summed E-state index contributed by atoms with van der Waals surface area (Å²) in [7, 11) is 0. The van der Waals surface area contributed by atoms with E-state index >= 15 is 0 Å². The van der Waals surface area contributed by atoms with E-state index in [0.29, 0.717) is 0 Å². The zero-order valence-electron chi connectivity index (χ0n) is 13.4. The van der Waals surface area contributed by atoms with E-state index < -0.39 is 0 Å². The summed E-state index contributed by atoms with van der Waals surface area (Å²) in [6.07, 6.45) is 21.7. The minimum atomic E-state index is 0.213. The fourth-order valence-corrected chi connectivity index (χ4v) is 5.78. The Morgan fingerprint density at radius 2 is 1.15 bits per heavy atom. The van der Waals surface area contributed by atoms with Gasteiger partial charge in [0.1, 0.15) is 0 Å². The fraction of sp³-hybridized carbons (Fsp3) is 1.00. The fourth-order valence-electron chi connectivity index (χ4n) is 5.78. The predicted octanol–water partition coefficient (Wildman–Crippen LogP) is 5.42. The van der Waals surface area contributed by atoms with Crippen molar-refractivity contribution in [1.82, 2.24) is 0 Å². The molecule has 0 radical (unpaired) electrons. The van der Waals surface area contributed by atoms with Crippen molar-refractivity contribution in [3.05, 3.63) is 0 Å². The number of hydrogen-bond acceptors (Lipinski definition) is 1. The molecule has 2 unspecified atom stereocenters. The second-order valence-corrected chi connectivity index (χ2v) is 8.05. The van der Waals surface area contributed by atoms with Crippen molar-refractivity contribution in [2.45, 2.75) is 102 Å². The number of nitrogens with two attached hydrogens (primary N) is 1. The van der Waals surface area contributed by atoms with Crippen LogP contribution in [0.4, 0.5) is 0 Å². The highest BCUT2D eigenvalue weighted by Crippen LogP contribution is 2.48. The lowest BCUT2D eigenvalue weighted by Gasteiger charge is -2.50. The van der Waals surface area contributed by atoms with Crippen LogP contribution in [-0.2, 0) is 0 Å². The Bertz CT molecular complexity index is 286. The van der Waals surface area contributed by atoms with Crippen molar-refractivity contribution < 1.29 is 0 Å². The first kappa shape index (κ1) is 14.9. The van der Waals surface area contributed by atoms with Crippen molar-refractivity contribution in [3.8, 4) is 0 Å². The largest absolute Gasteiger partial charge is 0.325 e. The molecule has 20 heavy (non-hydrogen) atoms. The summed E-state index contributed by atoms with van der Waals surface area (Å²) in [6, 6.07) is 0. The summed E-state index contributed by atoms with van der Waals surface area (Å²) in [6.45, 7) is 0. The third-order valence-electron chi connectivity index (χ3n) is 6.90. The maximum absolute atomic E-state index is 7.18. The van der Waals surface area contributed by atoms with E-state index in [9.17, 15) is 0 Å². The molecule has 0 saturated heterocycles. The Kier molecular flexibility index (Phi) is 5.07. The Labute approximate surface area is 126 Å². The molecule has 3 aliphatic carbocycles. The molecule has 0 aromatic heterocycles. The van der Waals surface area contributed by atoms with Crippen LogP contribution in [0.2, 0.25) is 0 Å². The standard InChI is InChI=1S/C19H35N/c20-19(17-12-6-1-2-7-13-17)15-9-8-14-18(19)16-10-4-3-5-11-16/h16-18H,1-15,20H2. The summed E-state index contributed by atoms with van der Waals surface area (Å²) in [5, 5.41) is 0. The van der Waals surface area contributed by atoms with Gasteiger partial charge in [-0.3, -0.25) is 0 Å². The van der Waals surface area contributed by atoms with Gasteiger partial charge in [0.2, 0.25) is 0 Å². The molecule has 2 N–H and O–H groups in total. The average molecular weight is 277 g/mol. The third-order valence-corrected chi connectivity index (χ3v) is 6.90. The first-order valence-electron chi connectivity index (χ1n) is 9.59. The van der Waals surface area contributed by atoms with E-state index in [0.717, 1.165) is 17.8 Å². The van der Waals surface area contributed by atoms with E-state index in [4.69, 9.17) is 5.73 Å². The van der Waals surface area contributed by atoms with Gasteiger partial charge in [-0.05, 0) is 43.4 Å². The zero-order valence-corrected chi connectivity index (χ0v) is 13.4. The third kappa shape index (κ3) is 3.08. The molecule has 0 spiro atoms. The van der Waals surface area contributed by atoms with Crippen LogP contribution >= 0.6 is 0 Å². The predicted molar refractivity (Wildman–Crippen MR) is 86.6 cm³/mol. The first-order chi connectivity index (χ1) is 9.81. The minimum Gasteiger partial charge on any atom is -0.325 e. The van der Waals surface area contributed by atoms with Crippen molar-refractivity contribution in [1.29, 1.82) is 0 Å². The maximum atomic E-state index is 7.18. The highest BCUT2D eigenvalue weighted by molar-refractivity contribution is 5.02.